The highest BCUT2D eigenvalue weighted by Gasteiger charge is 1.86. The molecule has 0 amide bonds. The Kier molecular flexibility index (Phi) is 1.12. The van der Waals surface area contributed by atoms with Crippen LogP contribution in [0.1, 0.15) is 6.42 Å². The second-order valence-electron chi connectivity index (χ2n) is 1.49. The quantitative estimate of drug-likeness (QED) is 0.424. The molecule has 0 aromatic rings. The molecule has 0 spiro atoms. The molecule has 0 fully saturated rings. The van der Waals surface area contributed by atoms with Crippen molar-refractivity contribution in [3.63, 3.8) is 0 Å². The molecule has 1 rings (SSSR count). The van der Waals surface area contributed by atoms with Gasteiger partial charge in [0.05, 0.1) is 0 Å². The number of allylic oxidation sites excluding steroid dienone is 5. The van der Waals surface area contributed by atoms with Crippen molar-refractivity contribution in [3.8, 4) is 0 Å². The number of rotatable bonds is 0. The van der Waals surface area contributed by atoms with E-state index >= 15 is 0 Å². The van der Waals surface area contributed by atoms with Crippen LogP contribution in [-0.4, -0.2) is 0 Å². The molecule has 0 heteroatoms. The molecule has 2 radical (unpaired) electrons. The third-order valence-electron chi connectivity index (χ3n) is 0.802. The molecule has 0 aromatic heterocycles. The molecule has 34 valence electrons. The topological polar surface area (TPSA) is 0 Å². The Morgan fingerprint density at radius 3 is 2.86 bits per heavy atom. The van der Waals surface area contributed by atoms with Crippen LogP contribution in [0, 0.1) is 12.2 Å². The van der Waals surface area contributed by atoms with Crippen LogP contribution in [0.25, 0.3) is 0 Å². The van der Waals surface area contributed by atoms with E-state index in [9.17, 15) is 0 Å². The molecule has 7 heavy (non-hydrogen) atoms. The van der Waals surface area contributed by atoms with Crippen LogP contribution in [0.5, 0.6) is 0 Å². The third kappa shape index (κ3) is 1.04. The van der Waals surface area contributed by atoms with E-state index in [2.05, 4.69) is 18.7 Å². The lowest BCUT2D eigenvalue weighted by molar-refractivity contribution is 1.23. The number of hydrogen-bond acceptors (Lipinski definition) is 0. The first kappa shape index (κ1) is 4.38. The van der Waals surface area contributed by atoms with E-state index in [1.54, 1.807) is 6.08 Å². The Hall–Kier alpha value is -0.780. The number of hydrogen-bond donors (Lipinski definition) is 0. The summed E-state index contributed by atoms with van der Waals surface area (Å²) in [6, 6.07) is 0. The average Bonchev–Trinajstić information content (AvgIpc) is 1.69. The zero-order valence-electron chi connectivity index (χ0n) is 4.07. The highest BCUT2D eigenvalue weighted by Crippen LogP contribution is 2.03. The minimum atomic E-state index is 0.868. The van der Waals surface area contributed by atoms with Crippen LogP contribution < -0.4 is 0 Å². The van der Waals surface area contributed by atoms with E-state index in [-0.39, 0.29) is 0 Å². The molecule has 0 N–H and O–H groups in total. The van der Waals surface area contributed by atoms with Gasteiger partial charge in [0, 0.05) is 0 Å². The maximum absolute atomic E-state index is 3.71. The molecular weight excluding hydrogens is 84.1 g/mol. The van der Waals surface area contributed by atoms with Crippen LogP contribution >= 0.6 is 0 Å². The summed E-state index contributed by atoms with van der Waals surface area (Å²) in [5.74, 6) is 0. The second-order valence-corrected chi connectivity index (χ2v) is 1.49. The van der Waals surface area contributed by atoms with Gasteiger partial charge in [0.2, 0.25) is 0 Å². The van der Waals surface area contributed by atoms with E-state index in [1.807, 2.05) is 6.08 Å². The lowest BCUT2D eigenvalue weighted by atomic mass is 10.1. The first-order valence-corrected chi connectivity index (χ1v) is 2.22. The Bertz CT molecular complexity index is 127. The molecule has 0 saturated heterocycles. The van der Waals surface area contributed by atoms with Crippen LogP contribution in [0.2, 0.25) is 0 Å². The van der Waals surface area contributed by atoms with Crippen molar-refractivity contribution in [3.05, 3.63) is 36.5 Å². The molecule has 0 aromatic carbocycles. The van der Waals surface area contributed by atoms with Gasteiger partial charge in [-0.1, -0.05) is 24.3 Å². The Balaban J connectivity index is 2.66. The van der Waals surface area contributed by atoms with Crippen molar-refractivity contribution in [2.45, 2.75) is 6.42 Å². The summed E-state index contributed by atoms with van der Waals surface area (Å²) in [5, 5.41) is 0. The van der Waals surface area contributed by atoms with Gasteiger partial charge in [0.25, 0.3) is 0 Å². The van der Waals surface area contributed by atoms with Gasteiger partial charge in [0.15, 0.2) is 0 Å². The maximum Gasteiger partial charge on any atom is -0.00283 e. The summed E-state index contributed by atoms with van der Waals surface area (Å²) in [5.41, 5.74) is 1.09. The fourth-order valence-corrected chi connectivity index (χ4v) is 0.452. The van der Waals surface area contributed by atoms with Gasteiger partial charge in [-0.25, -0.2) is 0 Å². The fourth-order valence-electron chi connectivity index (χ4n) is 0.452. The summed E-state index contributed by atoms with van der Waals surface area (Å²) in [4.78, 5) is 0. The monoisotopic (exact) mass is 90.0 g/mol. The minimum absolute atomic E-state index is 0.868. The Labute approximate surface area is 43.9 Å². The van der Waals surface area contributed by atoms with Crippen LogP contribution in [0.4, 0.5) is 0 Å². The van der Waals surface area contributed by atoms with Crippen LogP contribution in [0.3, 0.4) is 0 Å². The van der Waals surface area contributed by atoms with E-state index in [1.165, 1.54) is 0 Å². The van der Waals surface area contributed by atoms with Crippen molar-refractivity contribution in [2.75, 3.05) is 0 Å². The molecule has 1 aliphatic rings. The predicted octanol–water partition coefficient (Wildman–Crippen LogP) is 1.67. The average molecular weight is 90.1 g/mol. The van der Waals surface area contributed by atoms with E-state index < -0.39 is 0 Å². The third-order valence-corrected chi connectivity index (χ3v) is 0.802. The van der Waals surface area contributed by atoms with Crippen molar-refractivity contribution < 1.29 is 0 Å². The highest BCUT2D eigenvalue weighted by molar-refractivity contribution is 5.20. The van der Waals surface area contributed by atoms with Crippen molar-refractivity contribution in [1.82, 2.24) is 0 Å². The van der Waals surface area contributed by atoms with Gasteiger partial charge in [-0.3, -0.25) is 0 Å². The summed E-state index contributed by atoms with van der Waals surface area (Å²) in [7, 11) is 0. The first-order valence-electron chi connectivity index (χ1n) is 2.22. The summed E-state index contributed by atoms with van der Waals surface area (Å²) >= 11 is 0. The zero-order valence-corrected chi connectivity index (χ0v) is 4.07. The minimum Gasteiger partial charge on any atom is -0.0955 e. The van der Waals surface area contributed by atoms with Crippen molar-refractivity contribution >= 4 is 0 Å². The standard InChI is InChI=1S/C7H6/c1-7-5-3-2-4-6-7/h2,5H,1,6H2. The summed E-state index contributed by atoms with van der Waals surface area (Å²) in [6.45, 7) is 3.71. The van der Waals surface area contributed by atoms with Crippen LogP contribution in [0.15, 0.2) is 24.3 Å². The lowest BCUT2D eigenvalue weighted by Gasteiger charge is -1.93. The normalized spacial score (nSPS) is 18.0. The van der Waals surface area contributed by atoms with Crippen LogP contribution in [-0.2, 0) is 0 Å². The van der Waals surface area contributed by atoms with E-state index in [0.29, 0.717) is 0 Å². The zero-order chi connectivity index (χ0) is 5.11. The fraction of sp³-hybridized carbons (Fsp3) is 0.143. The Morgan fingerprint density at radius 2 is 2.57 bits per heavy atom. The van der Waals surface area contributed by atoms with E-state index in [0.717, 1.165) is 12.0 Å². The Morgan fingerprint density at radius 1 is 1.71 bits per heavy atom. The molecule has 0 unspecified atom stereocenters. The molecule has 0 atom stereocenters. The molecule has 1 aliphatic carbocycles. The molecule has 0 aliphatic heterocycles. The van der Waals surface area contributed by atoms with E-state index in [4.69, 9.17) is 0 Å². The highest BCUT2D eigenvalue weighted by atomic mass is 13.9. The van der Waals surface area contributed by atoms with Gasteiger partial charge in [0.1, 0.15) is 0 Å². The van der Waals surface area contributed by atoms with Crippen molar-refractivity contribution in [2.24, 2.45) is 0 Å². The van der Waals surface area contributed by atoms with Gasteiger partial charge < -0.3 is 0 Å². The molecule has 0 bridgehead atoms. The predicted molar refractivity (Wildman–Crippen MR) is 29.4 cm³/mol. The largest absolute Gasteiger partial charge is 0.0955 e. The smallest absolute Gasteiger partial charge is 0.00283 e. The molecular formula is C7H6. The second kappa shape index (κ2) is 1.78. The van der Waals surface area contributed by atoms with Crippen molar-refractivity contribution in [1.29, 1.82) is 0 Å². The SMILES string of the molecule is C=C1C=[C]C=[C]C1. The molecule has 0 heterocycles. The van der Waals surface area contributed by atoms with Gasteiger partial charge in [-0.05, 0) is 18.6 Å². The maximum atomic E-state index is 3.71. The van der Waals surface area contributed by atoms with Gasteiger partial charge in [-0.15, -0.1) is 0 Å². The first-order chi connectivity index (χ1) is 3.39. The summed E-state index contributed by atoms with van der Waals surface area (Å²) < 4.78 is 0. The summed E-state index contributed by atoms with van der Waals surface area (Å²) in [6.07, 6.45) is 10.4. The molecule has 0 nitrogen and oxygen atoms in total. The van der Waals surface area contributed by atoms with Gasteiger partial charge >= 0.3 is 0 Å². The molecule has 0 saturated carbocycles. The lowest BCUT2D eigenvalue weighted by Crippen LogP contribution is -1.75. The van der Waals surface area contributed by atoms with Gasteiger partial charge in [-0.2, -0.15) is 0 Å².